The number of benzene rings is 1. The lowest BCUT2D eigenvalue weighted by Gasteiger charge is -2.44. The second-order valence-electron chi connectivity index (χ2n) is 6.59. The summed E-state index contributed by atoms with van der Waals surface area (Å²) in [5, 5.41) is 3.31. The standard InChI is InChI=1S/C17H21F3N2O.ClH/c18-17(19,20)14-5-3-13(4-6-14)11-22-10-2-8-16(15(22)23)7-1-9-21-12-16;/h3-6,21H,1-2,7-12H2;1H. The lowest BCUT2D eigenvalue weighted by atomic mass is 9.73. The van der Waals surface area contributed by atoms with E-state index in [-0.39, 0.29) is 23.7 Å². The fraction of sp³-hybridized carbons (Fsp3) is 0.588. The maximum atomic E-state index is 12.8. The van der Waals surface area contributed by atoms with Gasteiger partial charge in [0, 0.05) is 19.6 Å². The third-order valence-electron chi connectivity index (χ3n) is 4.95. The zero-order valence-corrected chi connectivity index (χ0v) is 14.2. The van der Waals surface area contributed by atoms with Gasteiger partial charge in [0.1, 0.15) is 0 Å². The molecular formula is C17H22ClF3N2O. The summed E-state index contributed by atoms with van der Waals surface area (Å²) >= 11 is 0. The minimum Gasteiger partial charge on any atom is -0.338 e. The van der Waals surface area contributed by atoms with E-state index in [9.17, 15) is 18.0 Å². The number of carbonyl (C=O) groups is 1. The molecule has 24 heavy (non-hydrogen) atoms. The summed E-state index contributed by atoms with van der Waals surface area (Å²) in [7, 11) is 0. The van der Waals surface area contributed by atoms with Crippen LogP contribution in [0.1, 0.15) is 36.8 Å². The number of nitrogens with zero attached hydrogens (tertiary/aromatic N) is 1. The van der Waals surface area contributed by atoms with Gasteiger partial charge < -0.3 is 10.2 Å². The molecule has 2 heterocycles. The van der Waals surface area contributed by atoms with Gasteiger partial charge in [0.25, 0.3) is 0 Å². The molecule has 0 aliphatic carbocycles. The van der Waals surface area contributed by atoms with Crippen molar-refractivity contribution in [2.24, 2.45) is 5.41 Å². The van der Waals surface area contributed by atoms with Crippen molar-refractivity contribution in [3.05, 3.63) is 35.4 Å². The largest absolute Gasteiger partial charge is 0.416 e. The third-order valence-corrected chi connectivity index (χ3v) is 4.95. The van der Waals surface area contributed by atoms with Gasteiger partial charge in [-0.2, -0.15) is 13.2 Å². The van der Waals surface area contributed by atoms with Gasteiger partial charge >= 0.3 is 6.18 Å². The van der Waals surface area contributed by atoms with Crippen LogP contribution in [0.5, 0.6) is 0 Å². The molecule has 2 fully saturated rings. The molecule has 3 rings (SSSR count). The van der Waals surface area contributed by atoms with Crippen LogP contribution in [-0.2, 0) is 17.5 Å². The van der Waals surface area contributed by atoms with Crippen LogP contribution in [0.25, 0.3) is 0 Å². The van der Waals surface area contributed by atoms with Crippen LogP contribution in [0, 0.1) is 5.41 Å². The predicted molar refractivity (Wildman–Crippen MR) is 87.9 cm³/mol. The molecule has 0 radical (unpaired) electrons. The van der Waals surface area contributed by atoms with Gasteiger partial charge in [-0.05, 0) is 49.9 Å². The van der Waals surface area contributed by atoms with E-state index in [4.69, 9.17) is 0 Å². The zero-order valence-electron chi connectivity index (χ0n) is 13.4. The van der Waals surface area contributed by atoms with Crippen LogP contribution in [0.2, 0.25) is 0 Å². The van der Waals surface area contributed by atoms with E-state index >= 15 is 0 Å². The van der Waals surface area contributed by atoms with Gasteiger partial charge in [-0.25, -0.2) is 0 Å². The van der Waals surface area contributed by atoms with E-state index in [2.05, 4.69) is 5.32 Å². The third kappa shape index (κ3) is 3.86. The van der Waals surface area contributed by atoms with Crippen molar-refractivity contribution in [2.45, 2.75) is 38.4 Å². The minimum atomic E-state index is -4.32. The number of rotatable bonds is 2. The maximum Gasteiger partial charge on any atom is 0.416 e. The van der Waals surface area contributed by atoms with Gasteiger partial charge in [-0.1, -0.05) is 12.1 Å². The quantitative estimate of drug-likeness (QED) is 0.871. The van der Waals surface area contributed by atoms with E-state index in [0.717, 1.165) is 56.5 Å². The zero-order chi connectivity index (χ0) is 16.5. The Hall–Kier alpha value is -1.27. The molecule has 0 saturated carbocycles. The van der Waals surface area contributed by atoms with Crippen molar-refractivity contribution in [2.75, 3.05) is 19.6 Å². The molecule has 1 aromatic rings. The smallest absolute Gasteiger partial charge is 0.338 e. The van der Waals surface area contributed by atoms with Gasteiger partial charge in [-0.15, -0.1) is 12.4 Å². The summed E-state index contributed by atoms with van der Waals surface area (Å²) < 4.78 is 37.8. The monoisotopic (exact) mass is 362 g/mol. The summed E-state index contributed by atoms with van der Waals surface area (Å²) in [5.41, 5.74) is -0.214. The number of amides is 1. The average molecular weight is 363 g/mol. The molecule has 1 atom stereocenters. The Morgan fingerprint density at radius 1 is 1.12 bits per heavy atom. The first-order valence-electron chi connectivity index (χ1n) is 8.07. The lowest BCUT2D eigenvalue weighted by molar-refractivity contribution is -0.148. The topological polar surface area (TPSA) is 32.3 Å². The second-order valence-corrected chi connectivity index (χ2v) is 6.59. The number of halogens is 4. The summed E-state index contributed by atoms with van der Waals surface area (Å²) in [6.45, 7) is 2.74. The number of piperidine rings is 2. The SMILES string of the molecule is Cl.O=C1N(Cc2ccc(C(F)(F)F)cc2)CCCC12CCCNC2. The molecular weight excluding hydrogens is 341 g/mol. The Balaban J connectivity index is 0.00000208. The van der Waals surface area contributed by atoms with Crippen LogP contribution in [-0.4, -0.2) is 30.4 Å². The summed E-state index contributed by atoms with van der Waals surface area (Å²) in [5.74, 6) is 0.149. The van der Waals surface area contributed by atoms with Gasteiger partial charge in [0.15, 0.2) is 0 Å². The van der Waals surface area contributed by atoms with Crippen LogP contribution < -0.4 is 5.32 Å². The Morgan fingerprint density at radius 3 is 2.38 bits per heavy atom. The highest BCUT2D eigenvalue weighted by Gasteiger charge is 2.44. The maximum absolute atomic E-state index is 12.8. The van der Waals surface area contributed by atoms with Crippen molar-refractivity contribution in [3.63, 3.8) is 0 Å². The Bertz CT molecular complexity index is 563. The van der Waals surface area contributed by atoms with E-state index in [1.807, 2.05) is 0 Å². The molecule has 2 aliphatic heterocycles. The van der Waals surface area contributed by atoms with Gasteiger partial charge in [-0.3, -0.25) is 4.79 Å². The van der Waals surface area contributed by atoms with Crippen LogP contribution in [0.3, 0.4) is 0 Å². The van der Waals surface area contributed by atoms with Crippen molar-refractivity contribution in [1.29, 1.82) is 0 Å². The van der Waals surface area contributed by atoms with E-state index in [1.165, 1.54) is 12.1 Å². The molecule has 1 N–H and O–H groups in total. The normalized spacial score (nSPS) is 24.8. The fourth-order valence-electron chi connectivity index (χ4n) is 3.69. The van der Waals surface area contributed by atoms with Crippen molar-refractivity contribution in [1.82, 2.24) is 10.2 Å². The van der Waals surface area contributed by atoms with Crippen LogP contribution in [0.15, 0.2) is 24.3 Å². The molecule has 3 nitrogen and oxygen atoms in total. The van der Waals surface area contributed by atoms with Crippen molar-refractivity contribution < 1.29 is 18.0 Å². The molecule has 134 valence electrons. The molecule has 1 amide bonds. The number of hydrogen-bond acceptors (Lipinski definition) is 2. The van der Waals surface area contributed by atoms with Crippen molar-refractivity contribution >= 4 is 18.3 Å². The highest BCUT2D eigenvalue weighted by atomic mass is 35.5. The molecule has 7 heteroatoms. The predicted octanol–water partition coefficient (Wildman–Crippen LogP) is 3.62. The highest BCUT2D eigenvalue weighted by Crippen LogP contribution is 2.37. The molecule has 2 aliphatic rings. The fourth-order valence-corrected chi connectivity index (χ4v) is 3.69. The Labute approximate surface area is 146 Å². The first-order valence-corrected chi connectivity index (χ1v) is 8.07. The number of likely N-dealkylation sites (tertiary alicyclic amines) is 1. The molecule has 2 saturated heterocycles. The molecule has 0 aromatic heterocycles. The van der Waals surface area contributed by atoms with Gasteiger partial charge in [0.2, 0.25) is 5.91 Å². The highest BCUT2D eigenvalue weighted by molar-refractivity contribution is 5.85. The van der Waals surface area contributed by atoms with Crippen LogP contribution >= 0.6 is 12.4 Å². The summed E-state index contributed by atoms with van der Waals surface area (Å²) in [6, 6.07) is 5.11. The first kappa shape index (κ1) is 19.1. The number of alkyl halides is 3. The molecule has 1 unspecified atom stereocenters. The number of carbonyl (C=O) groups excluding carboxylic acids is 1. The molecule has 1 aromatic carbocycles. The number of hydrogen-bond donors (Lipinski definition) is 1. The van der Waals surface area contributed by atoms with E-state index in [0.29, 0.717) is 13.1 Å². The summed E-state index contributed by atoms with van der Waals surface area (Å²) in [4.78, 5) is 14.6. The Morgan fingerprint density at radius 2 is 1.79 bits per heavy atom. The minimum absolute atomic E-state index is 0. The summed E-state index contributed by atoms with van der Waals surface area (Å²) in [6.07, 6.45) is -0.560. The molecule has 1 spiro atoms. The van der Waals surface area contributed by atoms with Crippen LogP contribution in [0.4, 0.5) is 13.2 Å². The lowest BCUT2D eigenvalue weighted by Crippen LogP contribution is -2.54. The van der Waals surface area contributed by atoms with E-state index < -0.39 is 11.7 Å². The second kappa shape index (κ2) is 7.31. The number of nitrogens with one attached hydrogen (secondary N) is 1. The van der Waals surface area contributed by atoms with Gasteiger partial charge in [0.05, 0.1) is 11.0 Å². The van der Waals surface area contributed by atoms with E-state index in [1.54, 1.807) is 4.90 Å². The van der Waals surface area contributed by atoms with Crippen molar-refractivity contribution in [3.8, 4) is 0 Å². The average Bonchev–Trinajstić information content (AvgIpc) is 2.53. The first-order chi connectivity index (χ1) is 10.9. The molecule has 0 bridgehead atoms. The Kier molecular flexibility index (Phi) is 5.81.